The van der Waals surface area contributed by atoms with Crippen LogP contribution in [0.3, 0.4) is 0 Å². The standard InChI is InChI=1S/C20H17O2/c1-21-19-13-12-18(14-20(19)22-2)17-10-8-16(9-11-17)15-6-4-3-5-7-15/h4-14H,1-2H3. The molecule has 0 fully saturated rings. The molecule has 3 aromatic rings. The predicted octanol–water partition coefficient (Wildman–Crippen LogP) is 4.84. The normalized spacial score (nSPS) is 10.3. The van der Waals surface area contributed by atoms with Gasteiger partial charge in [0, 0.05) is 0 Å². The molecule has 0 atom stereocenters. The zero-order chi connectivity index (χ0) is 15.4. The van der Waals surface area contributed by atoms with Crippen LogP contribution < -0.4 is 9.47 Å². The summed E-state index contributed by atoms with van der Waals surface area (Å²) in [5.74, 6) is 1.48. The van der Waals surface area contributed by atoms with Gasteiger partial charge in [-0.3, -0.25) is 0 Å². The number of rotatable bonds is 4. The summed E-state index contributed by atoms with van der Waals surface area (Å²) in [5.41, 5.74) is 4.63. The first-order chi connectivity index (χ1) is 10.8. The van der Waals surface area contributed by atoms with Gasteiger partial charge in [-0.2, -0.15) is 0 Å². The van der Waals surface area contributed by atoms with Crippen molar-refractivity contribution in [2.24, 2.45) is 0 Å². The van der Waals surface area contributed by atoms with Crippen molar-refractivity contribution in [2.75, 3.05) is 14.2 Å². The molecule has 0 amide bonds. The molecule has 0 aliphatic carbocycles. The third-order valence-corrected chi connectivity index (χ3v) is 3.65. The second kappa shape index (κ2) is 6.35. The smallest absolute Gasteiger partial charge is 0.161 e. The van der Waals surface area contributed by atoms with Crippen molar-refractivity contribution in [1.82, 2.24) is 0 Å². The third-order valence-electron chi connectivity index (χ3n) is 3.65. The van der Waals surface area contributed by atoms with Crippen LogP contribution in [0, 0.1) is 6.07 Å². The number of hydrogen-bond acceptors (Lipinski definition) is 2. The van der Waals surface area contributed by atoms with Crippen LogP contribution in [0.5, 0.6) is 11.5 Å². The summed E-state index contributed by atoms with van der Waals surface area (Å²) in [5, 5.41) is 0. The Morgan fingerprint density at radius 2 is 1.09 bits per heavy atom. The summed E-state index contributed by atoms with van der Waals surface area (Å²) in [6.45, 7) is 0. The van der Waals surface area contributed by atoms with Gasteiger partial charge < -0.3 is 9.47 Å². The van der Waals surface area contributed by atoms with Crippen LogP contribution in [0.25, 0.3) is 22.3 Å². The molecule has 22 heavy (non-hydrogen) atoms. The Kier molecular flexibility index (Phi) is 4.10. The molecule has 0 spiro atoms. The van der Waals surface area contributed by atoms with Crippen LogP contribution >= 0.6 is 0 Å². The maximum atomic E-state index is 5.36. The molecule has 0 bridgehead atoms. The van der Waals surface area contributed by atoms with E-state index in [1.165, 1.54) is 11.1 Å². The van der Waals surface area contributed by atoms with Crippen molar-refractivity contribution in [3.8, 4) is 33.8 Å². The topological polar surface area (TPSA) is 18.5 Å². The molecule has 0 unspecified atom stereocenters. The molecule has 2 heteroatoms. The van der Waals surface area contributed by atoms with Gasteiger partial charge in [0.15, 0.2) is 11.5 Å². The SMILES string of the molecule is COc1ccc(-c2ccc(-c3cc[c]cc3)cc2)cc1OC. The molecule has 3 aromatic carbocycles. The van der Waals surface area contributed by atoms with Crippen molar-refractivity contribution < 1.29 is 9.47 Å². The van der Waals surface area contributed by atoms with E-state index in [1.54, 1.807) is 14.2 Å². The molecule has 0 aliphatic rings. The van der Waals surface area contributed by atoms with Crippen molar-refractivity contribution >= 4 is 0 Å². The molecular weight excluding hydrogens is 272 g/mol. The highest BCUT2D eigenvalue weighted by Gasteiger charge is 2.06. The first-order valence-corrected chi connectivity index (χ1v) is 7.11. The van der Waals surface area contributed by atoms with Crippen LogP contribution in [0.4, 0.5) is 0 Å². The lowest BCUT2D eigenvalue weighted by molar-refractivity contribution is 0.355. The van der Waals surface area contributed by atoms with Gasteiger partial charge in [0.2, 0.25) is 0 Å². The maximum Gasteiger partial charge on any atom is 0.161 e. The molecule has 0 saturated heterocycles. The van der Waals surface area contributed by atoms with Crippen molar-refractivity contribution in [3.05, 3.63) is 72.8 Å². The highest BCUT2D eigenvalue weighted by Crippen LogP contribution is 2.33. The molecule has 0 N–H and O–H groups in total. The molecule has 3 rings (SSSR count). The van der Waals surface area contributed by atoms with Gasteiger partial charge in [0.25, 0.3) is 0 Å². The zero-order valence-electron chi connectivity index (χ0n) is 12.7. The van der Waals surface area contributed by atoms with E-state index >= 15 is 0 Å². The lowest BCUT2D eigenvalue weighted by Gasteiger charge is -2.10. The van der Waals surface area contributed by atoms with Crippen LogP contribution in [-0.4, -0.2) is 14.2 Å². The van der Waals surface area contributed by atoms with E-state index in [-0.39, 0.29) is 0 Å². The Hall–Kier alpha value is -2.74. The third kappa shape index (κ3) is 2.82. The lowest BCUT2D eigenvalue weighted by Crippen LogP contribution is -1.90. The zero-order valence-corrected chi connectivity index (χ0v) is 12.7. The second-order valence-electron chi connectivity index (χ2n) is 4.94. The van der Waals surface area contributed by atoms with E-state index in [0.29, 0.717) is 0 Å². The number of ether oxygens (including phenoxy) is 2. The average Bonchev–Trinajstić information content (AvgIpc) is 2.62. The van der Waals surface area contributed by atoms with Gasteiger partial charge in [-0.05, 0) is 40.5 Å². The Bertz CT molecular complexity index is 746. The second-order valence-corrected chi connectivity index (χ2v) is 4.94. The van der Waals surface area contributed by atoms with Crippen LogP contribution in [0.2, 0.25) is 0 Å². The number of benzene rings is 3. The molecule has 109 valence electrons. The summed E-state index contributed by atoms with van der Waals surface area (Å²) >= 11 is 0. The Morgan fingerprint density at radius 1 is 0.591 bits per heavy atom. The minimum Gasteiger partial charge on any atom is -0.493 e. The van der Waals surface area contributed by atoms with Crippen molar-refractivity contribution in [3.63, 3.8) is 0 Å². The first kappa shape index (κ1) is 14.2. The molecule has 1 radical (unpaired) electrons. The molecular formula is C20H17O2. The van der Waals surface area contributed by atoms with E-state index in [4.69, 9.17) is 9.47 Å². The first-order valence-electron chi connectivity index (χ1n) is 7.11. The van der Waals surface area contributed by atoms with Gasteiger partial charge in [0.1, 0.15) is 0 Å². The van der Waals surface area contributed by atoms with E-state index in [9.17, 15) is 0 Å². The summed E-state index contributed by atoms with van der Waals surface area (Å²) in [7, 11) is 3.29. The van der Waals surface area contributed by atoms with E-state index < -0.39 is 0 Å². The molecule has 0 aliphatic heterocycles. The largest absolute Gasteiger partial charge is 0.493 e. The van der Waals surface area contributed by atoms with Gasteiger partial charge in [0.05, 0.1) is 14.2 Å². The predicted molar refractivity (Wildman–Crippen MR) is 89.3 cm³/mol. The summed E-state index contributed by atoms with van der Waals surface area (Å²) in [6.07, 6.45) is 0. The van der Waals surface area contributed by atoms with Crippen LogP contribution in [0.1, 0.15) is 0 Å². The minimum absolute atomic E-state index is 0.739. The summed E-state index contributed by atoms with van der Waals surface area (Å²) in [6, 6.07) is 25.5. The fourth-order valence-corrected chi connectivity index (χ4v) is 2.45. The highest BCUT2D eigenvalue weighted by molar-refractivity contribution is 5.72. The molecule has 0 aromatic heterocycles. The summed E-state index contributed by atoms with van der Waals surface area (Å²) in [4.78, 5) is 0. The minimum atomic E-state index is 0.739. The number of hydrogen-bond donors (Lipinski definition) is 0. The molecule has 0 saturated carbocycles. The highest BCUT2D eigenvalue weighted by atomic mass is 16.5. The van der Waals surface area contributed by atoms with Gasteiger partial charge in [-0.1, -0.05) is 54.6 Å². The summed E-state index contributed by atoms with van der Waals surface area (Å²) < 4.78 is 10.6. The van der Waals surface area contributed by atoms with E-state index in [0.717, 1.165) is 22.6 Å². The lowest BCUT2D eigenvalue weighted by atomic mass is 10.00. The van der Waals surface area contributed by atoms with Gasteiger partial charge >= 0.3 is 0 Å². The van der Waals surface area contributed by atoms with Gasteiger partial charge in [-0.15, -0.1) is 0 Å². The van der Waals surface area contributed by atoms with Crippen LogP contribution in [-0.2, 0) is 0 Å². The van der Waals surface area contributed by atoms with Gasteiger partial charge in [-0.25, -0.2) is 0 Å². The number of methoxy groups -OCH3 is 2. The van der Waals surface area contributed by atoms with Crippen molar-refractivity contribution in [2.45, 2.75) is 0 Å². The van der Waals surface area contributed by atoms with E-state index in [2.05, 4.69) is 42.5 Å². The molecule has 0 heterocycles. The fraction of sp³-hybridized carbons (Fsp3) is 0.100. The quantitative estimate of drug-likeness (QED) is 0.684. The average molecular weight is 289 g/mol. The van der Waals surface area contributed by atoms with Crippen LogP contribution in [0.15, 0.2) is 66.7 Å². The monoisotopic (exact) mass is 289 g/mol. The molecule has 2 nitrogen and oxygen atoms in total. The Balaban J connectivity index is 1.93. The van der Waals surface area contributed by atoms with Crippen molar-refractivity contribution in [1.29, 1.82) is 0 Å². The maximum absolute atomic E-state index is 5.36. The Morgan fingerprint density at radius 3 is 1.68 bits per heavy atom. The Labute approximate surface area is 131 Å². The van der Waals surface area contributed by atoms with E-state index in [1.807, 2.05) is 30.3 Å². The fourth-order valence-electron chi connectivity index (χ4n) is 2.45.